The van der Waals surface area contributed by atoms with Crippen LogP contribution in [-0.2, 0) is 16.4 Å². The molecule has 10 heteroatoms. The van der Waals surface area contributed by atoms with Crippen molar-refractivity contribution >= 4 is 15.5 Å². The molecule has 28 heavy (non-hydrogen) atoms. The van der Waals surface area contributed by atoms with Gasteiger partial charge in [-0.25, -0.2) is 8.42 Å². The molecular weight excluding hydrogens is 380 g/mol. The highest BCUT2D eigenvalue weighted by atomic mass is 32.2. The second-order valence-electron chi connectivity index (χ2n) is 7.55. The maximum Gasteiger partial charge on any atom is 0.200 e. The summed E-state index contributed by atoms with van der Waals surface area (Å²) in [5, 5.41) is 25.3. The van der Waals surface area contributed by atoms with Gasteiger partial charge in [0.15, 0.2) is 11.4 Å². The summed E-state index contributed by atoms with van der Waals surface area (Å²) < 4.78 is 27.2. The molecule has 1 aliphatic heterocycles. The van der Waals surface area contributed by atoms with E-state index in [0.717, 1.165) is 0 Å². The van der Waals surface area contributed by atoms with E-state index < -0.39 is 20.9 Å². The van der Waals surface area contributed by atoms with Gasteiger partial charge in [-0.3, -0.25) is 9.58 Å². The van der Waals surface area contributed by atoms with Crippen LogP contribution in [0.1, 0.15) is 33.6 Å². The van der Waals surface area contributed by atoms with E-state index in [0.29, 0.717) is 38.2 Å². The van der Waals surface area contributed by atoms with E-state index in [-0.39, 0.29) is 10.9 Å². The van der Waals surface area contributed by atoms with Crippen LogP contribution in [-0.4, -0.2) is 62.6 Å². The number of aliphatic hydroxyl groups is 1. The Kier molecular flexibility index (Phi) is 6.01. The van der Waals surface area contributed by atoms with E-state index in [1.165, 1.54) is 10.9 Å². The summed E-state index contributed by atoms with van der Waals surface area (Å²) in [6, 6.07) is 3.31. The number of aromatic nitrogens is 4. The lowest BCUT2D eigenvalue weighted by atomic mass is 9.86. The van der Waals surface area contributed by atoms with Gasteiger partial charge in [0.2, 0.25) is 9.84 Å². The first-order valence-corrected chi connectivity index (χ1v) is 11.0. The summed E-state index contributed by atoms with van der Waals surface area (Å²) in [6.07, 6.45) is 5.13. The topological polar surface area (TPSA) is 113 Å². The molecule has 1 atom stereocenters. The predicted octanol–water partition coefficient (Wildman–Crippen LogP) is 1.35. The number of nitrogens with one attached hydrogen (secondary N) is 1. The number of nitrogens with zero attached hydrogens (tertiary/aromatic N) is 5. The summed E-state index contributed by atoms with van der Waals surface area (Å²) in [5.74, 6) is -0.0104. The molecule has 0 amide bonds. The maximum atomic E-state index is 13.3. The number of likely N-dealkylation sites (tertiary alicyclic amines) is 1. The van der Waals surface area contributed by atoms with E-state index in [2.05, 4.69) is 20.6 Å². The molecule has 1 fully saturated rings. The number of aliphatic hydroxyl groups excluding tert-OH is 1. The number of hydrogen-bond acceptors (Lipinski definition) is 8. The summed E-state index contributed by atoms with van der Waals surface area (Å²) >= 11 is 0. The van der Waals surface area contributed by atoms with Gasteiger partial charge in [0.05, 0.1) is 29.0 Å². The normalized spacial score (nSPS) is 18.1. The zero-order valence-electron chi connectivity index (χ0n) is 16.5. The van der Waals surface area contributed by atoms with Crippen LogP contribution in [0.5, 0.6) is 0 Å². The average Bonchev–Trinajstić information content (AvgIpc) is 3.18. The minimum atomic E-state index is -3.54. The van der Waals surface area contributed by atoms with Crippen molar-refractivity contribution in [3.63, 3.8) is 0 Å². The predicted molar refractivity (Wildman–Crippen MR) is 105 cm³/mol. The van der Waals surface area contributed by atoms with Gasteiger partial charge in [-0.05, 0) is 51.7 Å². The first kappa shape index (κ1) is 20.7. The van der Waals surface area contributed by atoms with Crippen LogP contribution in [0.2, 0.25) is 0 Å². The third-order valence-corrected chi connectivity index (χ3v) is 8.30. The Hall–Kier alpha value is -2.04. The summed E-state index contributed by atoms with van der Waals surface area (Å²) in [5.41, 5.74) is 0.681. The molecule has 3 rings (SSSR count). The lowest BCUT2D eigenvalue weighted by Crippen LogP contribution is -2.50. The van der Waals surface area contributed by atoms with Crippen LogP contribution in [0.15, 0.2) is 35.7 Å². The van der Waals surface area contributed by atoms with Crippen LogP contribution < -0.4 is 5.32 Å². The third-order valence-electron chi connectivity index (χ3n) is 5.68. The van der Waals surface area contributed by atoms with Gasteiger partial charge in [0, 0.05) is 19.6 Å². The quantitative estimate of drug-likeness (QED) is 0.660. The monoisotopic (exact) mass is 408 g/mol. The Labute approximate surface area is 165 Å². The molecule has 2 N–H and O–H groups in total. The van der Waals surface area contributed by atoms with Crippen LogP contribution in [0.3, 0.4) is 0 Å². The average molecular weight is 409 g/mol. The molecule has 154 valence electrons. The van der Waals surface area contributed by atoms with Gasteiger partial charge in [-0.15, -0.1) is 0 Å². The van der Waals surface area contributed by atoms with E-state index >= 15 is 0 Å². The first-order valence-electron chi connectivity index (χ1n) is 9.49. The van der Waals surface area contributed by atoms with Crippen molar-refractivity contribution in [2.24, 2.45) is 5.92 Å². The van der Waals surface area contributed by atoms with Crippen molar-refractivity contribution in [2.75, 3.05) is 18.4 Å². The number of anilines is 1. The number of aryl methyl sites for hydroxylation is 1. The van der Waals surface area contributed by atoms with Gasteiger partial charge in [0.1, 0.15) is 0 Å². The summed E-state index contributed by atoms with van der Waals surface area (Å²) in [7, 11) is -3.54. The van der Waals surface area contributed by atoms with E-state index in [9.17, 15) is 13.5 Å². The Morgan fingerprint density at radius 1 is 1.25 bits per heavy atom. The molecule has 1 saturated heterocycles. The van der Waals surface area contributed by atoms with E-state index in [4.69, 9.17) is 0 Å². The molecule has 1 unspecified atom stereocenters. The van der Waals surface area contributed by atoms with Crippen LogP contribution in [0, 0.1) is 5.92 Å². The van der Waals surface area contributed by atoms with Crippen molar-refractivity contribution in [1.82, 2.24) is 24.9 Å². The summed E-state index contributed by atoms with van der Waals surface area (Å²) in [6.45, 7) is 7.19. The Bertz CT molecular complexity index is 876. The van der Waals surface area contributed by atoms with Crippen LogP contribution in [0.25, 0.3) is 0 Å². The molecule has 1 aliphatic rings. The zero-order chi connectivity index (χ0) is 20.4. The van der Waals surface area contributed by atoms with Crippen molar-refractivity contribution < 1.29 is 13.5 Å². The molecule has 9 nitrogen and oxygen atoms in total. The lowest BCUT2D eigenvalue weighted by molar-refractivity contribution is -0.0000423. The van der Waals surface area contributed by atoms with Crippen molar-refractivity contribution in [2.45, 2.75) is 56.3 Å². The smallest absolute Gasteiger partial charge is 0.200 e. The fourth-order valence-corrected chi connectivity index (χ4v) is 5.64. The fraction of sp³-hybridized carbons (Fsp3) is 0.611. The molecule has 0 bridgehead atoms. The second kappa shape index (κ2) is 8.14. The Balaban J connectivity index is 1.66. The minimum Gasteiger partial charge on any atom is -0.361 e. The van der Waals surface area contributed by atoms with Gasteiger partial charge < -0.3 is 10.4 Å². The molecule has 3 heterocycles. The lowest BCUT2D eigenvalue weighted by Gasteiger charge is -2.41. The number of piperidine rings is 1. The second-order valence-corrected chi connectivity index (χ2v) is 10.0. The molecule has 2 aromatic heterocycles. The standard InChI is InChI=1S/C18H28N6O3S/c1-4-24-16(6-10-21-24)28(26,27)18(2,3)14-7-11-23(12-8-14)17(25)22-15-5-9-19-20-13-15/h5-6,9-10,13-14,17,25H,4,7-8,11-12H2,1-3H3,(H,19,22). The molecule has 0 aromatic carbocycles. The third kappa shape index (κ3) is 3.89. The largest absolute Gasteiger partial charge is 0.361 e. The van der Waals surface area contributed by atoms with Crippen molar-refractivity contribution in [3.8, 4) is 0 Å². The Morgan fingerprint density at radius 3 is 2.57 bits per heavy atom. The van der Waals surface area contributed by atoms with Gasteiger partial charge in [-0.1, -0.05) is 0 Å². The molecule has 0 saturated carbocycles. The SMILES string of the molecule is CCn1nccc1S(=O)(=O)C(C)(C)C1CCN(C(O)Nc2ccnnc2)CC1. The van der Waals surface area contributed by atoms with Gasteiger partial charge in [-0.2, -0.15) is 15.3 Å². The Morgan fingerprint density at radius 2 is 1.96 bits per heavy atom. The van der Waals surface area contributed by atoms with E-state index in [1.54, 1.807) is 38.4 Å². The van der Waals surface area contributed by atoms with Crippen LogP contribution >= 0.6 is 0 Å². The zero-order valence-corrected chi connectivity index (χ0v) is 17.3. The minimum absolute atomic E-state index is 0.0104. The highest BCUT2D eigenvalue weighted by molar-refractivity contribution is 7.92. The molecule has 2 aromatic rings. The fourth-order valence-electron chi connectivity index (χ4n) is 3.73. The molecule has 0 aliphatic carbocycles. The number of hydrogen-bond donors (Lipinski definition) is 2. The van der Waals surface area contributed by atoms with Crippen molar-refractivity contribution in [1.29, 1.82) is 0 Å². The number of sulfone groups is 1. The van der Waals surface area contributed by atoms with Crippen LogP contribution in [0.4, 0.5) is 5.69 Å². The highest BCUT2D eigenvalue weighted by Crippen LogP contribution is 2.38. The number of rotatable bonds is 7. The first-order chi connectivity index (χ1) is 13.3. The van der Waals surface area contributed by atoms with Crippen molar-refractivity contribution in [3.05, 3.63) is 30.7 Å². The molecule has 0 spiro atoms. The maximum absolute atomic E-state index is 13.3. The van der Waals surface area contributed by atoms with Gasteiger partial charge >= 0.3 is 0 Å². The van der Waals surface area contributed by atoms with E-state index in [1.807, 2.05) is 11.8 Å². The van der Waals surface area contributed by atoms with Gasteiger partial charge in [0.25, 0.3) is 0 Å². The molecular formula is C18H28N6O3S. The highest BCUT2D eigenvalue weighted by Gasteiger charge is 2.45. The molecule has 0 radical (unpaired) electrons. The summed E-state index contributed by atoms with van der Waals surface area (Å²) in [4.78, 5) is 1.90.